The first kappa shape index (κ1) is 10.9. The Morgan fingerprint density at radius 3 is 2.79 bits per heavy atom. The van der Waals surface area contributed by atoms with Crippen molar-refractivity contribution >= 4 is 6.08 Å². The largest absolute Gasteiger partial charge is 0.311 e. The third kappa shape index (κ3) is 3.30. The Morgan fingerprint density at radius 1 is 1.43 bits per heavy atom. The SMILES string of the molecule is CCNC(C)/C=C/c1ccccc1F. The minimum atomic E-state index is -0.174. The Balaban J connectivity index is 2.64. The van der Waals surface area contributed by atoms with Crippen molar-refractivity contribution in [2.45, 2.75) is 19.9 Å². The molecule has 0 fully saturated rings. The summed E-state index contributed by atoms with van der Waals surface area (Å²) in [4.78, 5) is 0. The van der Waals surface area contributed by atoms with Crippen molar-refractivity contribution in [1.29, 1.82) is 0 Å². The van der Waals surface area contributed by atoms with Gasteiger partial charge in [-0.25, -0.2) is 4.39 Å². The molecule has 1 unspecified atom stereocenters. The maximum atomic E-state index is 13.2. The summed E-state index contributed by atoms with van der Waals surface area (Å²) in [5, 5.41) is 3.23. The number of rotatable bonds is 4. The number of likely N-dealkylation sites (N-methyl/N-ethyl adjacent to an activating group) is 1. The lowest BCUT2D eigenvalue weighted by Gasteiger charge is -2.05. The van der Waals surface area contributed by atoms with Crippen LogP contribution < -0.4 is 5.32 Å². The van der Waals surface area contributed by atoms with Gasteiger partial charge in [0.05, 0.1) is 0 Å². The summed E-state index contributed by atoms with van der Waals surface area (Å²) >= 11 is 0. The van der Waals surface area contributed by atoms with Gasteiger partial charge in [0.25, 0.3) is 0 Å². The van der Waals surface area contributed by atoms with Gasteiger partial charge < -0.3 is 5.32 Å². The summed E-state index contributed by atoms with van der Waals surface area (Å²) in [5.74, 6) is -0.174. The van der Waals surface area contributed by atoms with Crippen molar-refractivity contribution < 1.29 is 4.39 Å². The van der Waals surface area contributed by atoms with E-state index in [2.05, 4.69) is 5.32 Å². The minimum absolute atomic E-state index is 0.174. The van der Waals surface area contributed by atoms with Crippen LogP contribution in [0.5, 0.6) is 0 Å². The molecule has 1 rings (SSSR count). The highest BCUT2D eigenvalue weighted by Crippen LogP contribution is 2.08. The number of benzene rings is 1. The lowest BCUT2D eigenvalue weighted by molar-refractivity contribution is 0.624. The van der Waals surface area contributed by atoms with Gasteiger partial charge in [-0.2, -0.15) is 0 Å². The second kappa shape index (κ2) is 5.55. The molecule has 0 amide bonds. The molecule has 0 saturated heterocycles. The van der Waals surface area contributed by atoms with Crippen molar-refractivity contribution in [1.82, 2.24) is 5.32 Å². The predicted molar refractivity (Wildman–Crippen MR) is 58.6 cm³/mol. The van der Waals surface area contributed by atoms with Crippen LogP contribution in [0, 0.1) is 5.82 Å². The van der Waals surface area contributed by atoms with Gasteiger partial charge in [0.1, 0.15) is 5.82 Å². The number of hydrogen-bond donors (Lipinski definition) is 1. The Kier molecular flexibility index (Phi) is 4.33. The van der Waals surface area contributed by atoms with Gasteiger partial charge in [-0.05, 0) is 19.5 Å². The van der Waals surface area contributed by atoms with Gasteiger partial charge >= 0.3 is 0 Å². The summed E-state index contributed by atoms with van der Waals surface area (Å²) in [6.07, 6.45) is 3.77. The summed E-state index contributed by atoms with van der Waals surface area (Å²) in [5.41, 5.74) is 0.636. The number of hydrogen-bond acceptors (Lipinski definition) is 1. The van der Waals surface area contributed by atoms with E-state index in [-0.39, 0.29) is 11.9 Å². The highest BCUT2D eigenvalue weighted by atomic mass is 19.1. The van der Waals surface area contributed by atoms with Crippen LogP contribution in [-0.2, 0) is 0 Å². The van der Waals surface area contributed by atoms with Crippen molar-refractivity contribution in [3.05, 3.63) is 41.7 Å². The van der Waals surface area contributed by atoms with Gasteiger partial charge in [0, 0.05) is 11.6 Å². The van der Waals surface area contributed by atoms with Crippen molar-refractivity contribution in [2.24, 2.45) is 0 Å². The van der Waals surface area contributed by atoms with Crippen LogP contribution in [0.15, 0.2) is 30.3 Å². The molecular formula is C12H16FN. The van der Waals surface area contributed by atoms with Crippen LogP contribution in [0.3, 0.4) is 0 Å². The van der Waals surface area contributed by atoms with Gasteiger partial charge in [0.15, 0.2) is 0 Å². The zero-order valence-corrected chi connectivity index (χ0v) is 8.63. The molecule has 1 N–H and O–H groups in total. The van der Waals surface area contributed by atoms with E-state index in [1.54, 1.807) is 12.1 Å². The fourth-order valence-corrected chi connectivity index (χ4v) is 1.25. The van der Waals surface area contributed by atoms with E-state index in [9.17, 15) is 4.39 Å². The predicted octanol–water partition coefficient (Wildman–Crippen LogP) is 2.84. The molecule has 1 nitrogen and oxygen atoms in total. The monoisotopic (exact) mass is 193 g/mol. The van der Waals surface area contributed by atoms with E-state index in [0.717, 1.165) is 6.54 Å². The van der Waals surface area contributed by atoms with Crippen molar-refractivity contribution in [3.63, 3.8) is 0 Å². The van der Waals surface area contributed by atoms with E-state index >= 15 is 0 Å². The minimum Gasteiger partial charge on any atom is -0.311 e. The average molecular weight is 193 g/mol. The first-order valence-electron chi connectivity index (χ1n) is 4.90. The normalized spacial score (nSPS) is 13.4. The topological polar surface area (TPSA) is 12.0 Å². The number of nitrogens with one attached hydrogen (secondary N) is 1. The molecule has 1 atom stereocenters. The third-order valence-corrected chi connectivity index (χ3v) is 2.00. The van der Waals surface area contributed by atoms with Gasteiger partial charge in [-0.3, -0.25) is 0 Å². The smallest absolute Gasteiger partial charge is 0.130 e. The first-order chi connectivity index (χ1) is 6.74. The van der Waals surface area contributed by atoms with Gasteiger partial charge in [-0.1, -0.05) is 37.3 Å². The molecule has 0 heterocycles. The van der Waals surface area contributed by atoms with Crippen LogP contribution >= 0.6 is 0 Å². The fraction of sp³-hybridized carbons (Fsp3) is 0.333. The highest BCUT2D eigenvalue weighted by Gasteiger charge is 1.96. The Morgan fingerprint density at radius 2 is 2.14 bits per heavy atom. The fourth-order valence-electron chi connectivity index (χ4n) is 1.25. The molecular weight excluding hydrogens is 177 g/mol. The molecule has 0 saturated carbocycles. The number of halogens is 1. The zero-order valence-electron chi connectivity index (χ0n) is 8.63. The molecule has 0 aliphatic rings. The van der Waals surface area contributed by atoms with Crippen LogP contribution in [0.25, 0.3) is 6.08 Å². The molecule has 0 aliphatic carbocycles. The van der Waals surface area contributed by atoms with Crippen LogP contribution in [0.1, 0.15) is 19.4 Å². The van der Waals surface area contributed by atoms with Crippen LogP contribution in [0.4, 0.5) is 4.39 Å². The second-order valence-corrected chi connectivity index (χ2v) is 3.23. The molecule has 0 aromatic heterocycles. The van der Waals surface area contributed by atoms with Crippen molar-refractivity contribution in [2.75, 3.05) is 6.54 Å². The summed E-state index contributed by atoms with van der Waals surface area (Å²) in [6, 6.07) is 7.04. The van der Waals surface area contributed by atoms with E-state index in [0.29, 0.717) is 5.56 Å². The molecule has 1 aromatic rings. The molecule has 0 bridgehead atoms. The summed E-state index contributed by atoms with van der Waals surface area (Å²) in [7, 11) is 0. The third-order valence-electron chi connectivity index (χ3n) is 2.00. The first-order valence-corrected chi connectivity index (χ1v) is 4.90. The Hall–Kier alpha value is -1.15. The van der Waals surface area contributed by atoms with Crippen molar-refractivity contribution in [3.8, 4) is 0 Å². The van der Waals surface area contributed by atoms with E-state index in [1.165, 1.54) is 6.07 Å². The van der Waals surface area contributed by atoms with E-state index in [4.69, 9.17) is 0 Å². The molecule has 1 aromatic carbocycles. The van der Waals surface area contributed by atoms with Crippen LogP contribution in [-0.4, -0.2) is 12.6 Å². The van der Waals surface area contributed by atoms with Gasteiger partial charge in [0.2, 0.25) is 0 Å². The second-order valence-electron chi connectivity index (χ2n) is 3.23. The standard InChI is InChI=1S/C12H16FN/c1-3-14-10(2)8-9-11-6-4-5-7-12(11)13/h4-10,14H,3H2,1-2H3/b9-8+. The maximum Gasteiger partial charge on any atom is 0.130 e. The Labute approximate surface area is 84.6 Å². The molecule has 0 radical (unpaired) electrons. The molecule has 2 heteroatoms. The zero-order chi connectivity index (χ0) is 10.4. The molecule has 76 valence electrons. The molecule has 0 aliphatic heterocycles. The van der Waals surface area contributed by atoms with E-state index < -0.39 is 0 Å². The molecule has 14 heavy (non-hydrogen) atoms. The quantitative estimate of drug-likeness (QED) is 0.775. The lowest BCUT2D eigenvalue weighted by Crippen LogP contribution is -2.22. The summed E-state index contributed by atoms with van der Waals surface area (Å²) in [6.45, 7) is 5.01. The highest BCUT2D eigenvalue weighted by molar-refractivity contribution is 5.50. The molecule has 0 spiro atoms. The Bertz CT molecular complexity index is 307. The van der Waals surface area contributed by atoms with Crippen LogP contribution in [0.2, 0.25) is 0 Å². The summed E-state index contributed by atoms with van der Waals surface area (Å²) < 4.78 is 13.2. The maximum absolute atomic E-state index is 13.2. The average Bonchev–Trinajstić information content (AvgIpc) is 2.17. The van der Waals surface area contributed by atoms with E-state index in [1.807, 2.05) is 32.1 Å². The van der Waals surface area contributed by atoms with Gasteiger partial charge in [-0.15, -0.1) is 0 Å². The lowest BCUT2D eigenvalue weighted by atomic mass is 10.1.